The third-order valence-electron chi connectivity index (χ3n) is 6.22. The van der Waals surface area contributed by atoms with Crippen molar-refractivity contribution in [2.24, 2.45) is 0 Å². The van der Waals surface area contributed by atoms with Crippen molar-refractivity contribution in [2.45, 2.75) is 38.1 Å². The molecule has 146 valence electrons. The van der Waals surface area contributed by atoms with Crippen molar-refractivity contribution >= 4 is 11.6 Å². The van der Waals surface area contributed by atoms with Gasteiger partial charge in [-0.3, -0.25) is 4.79 Å². The molecule has 0 saturated carbocycles. The molecule has 2 aromatic rings. The first-order valence-electron chi connectivity index (χ1n) is 10.4. The molecule has 2 heterocycles. The highest BCUT2D eigenvalue weighted by Gasteiger charge is 2.32. The van der Waals surface area contributed by atoms with Crippen molar-refractivity contribution < 1.29 is 19.2 Å². The molecule has 1 aliphatic carbocycles. The zero-order chi connectivity index (χ0) is 18.9. The highest BCUT2D eigenvalue weighted by atomic mass is 16.6. The Morgan fingerprint density at radius 1 is 1.00 bits per heavy atom. The minimum atomic E-state index is 0.0948. The van der Waals surface area contributed by atoms with Gasteiger partial charge in [-0.15, -0.1) is 0 Å². The molecule has 28 heavy (non-hydrogen) atoms. The zero-order valence-electron chi connectivity index (χ0n) is 16.1. The molecule has 2 atom stereocenters. The van der Waals surface area contributed by atoms with Crippen LogP contribution < -0.4 is 19.7 Å². The first-order valence-corrected chi connectivity index (χ1v) is 10.4. The van der Waals surface area contributed by atoms with Gasteiger partial charge in [-0.2, -0.15) is 0 Å². The Hall–Kier alpha value is -2.53. The lowest BCUT2D eigenvalue weighted by Crippen LogP contribution is -3.11. The van der Waals surface area contributed by atoms with Crippen LogP contribution in [-0.2, 0) is 17.6 Å². The molecule has 2 N–H and O–H groups in total. The van der Waals surface area contributed by atoms with Crippen LogP contribution in [0.5, 0.6) is 11.5 Å². The number of amides is 1. The number of carbonyl (C=O) groups excluding carboxylic acids is 1. The number of rotatable bonds is 4. The van der Waals surface area contributed by atoms with Crippen LogP contribution in [0, 0.1) is 0 Å². The molecule has 0 aromatic heterocycles. The monoisotopic (exact) mass is 379 g/mol. The Morgan fingerprint density at radius 2 is 1.86 bits per heavy atom. The topological polar surface area (TPSA) is 52.0 Å². The highest BCUT2D eigenvalue weighted by Crippen LogP contribution is 2.33. The SMILES string of the molecule is O=C(C[NH+]1CCC[C@@H]1c1ccc2c(c1)OCCO2)Nc1ccc2c(c1)CCC2. The largest absolute Gasteiger partial charge is 0.486 e. The summed E-state index contributed by atoms with van der Waals surface area (Å²) < 4.78 is 11.4. The van der Waals surface area contributed by atoms with Crippen molar-refractivity contribution in [1.29, 1.82) is 0 Å². The summed E-state index contributed by atoms with van der Waals surface area (Å²) in [4.78, 5) is 14.0. The van der Waals surface area contributed by atoms with Crippen molar-refractivity contribution in [3.05, 3.63) is 53.1 Å². The van der Waals surface area contributed by atoms with Gasteiger partial charge in [-0.1, -0.05) is 6.07 Å². The molecule has 5 heteroatoms. The van der Waals surface area contributed by atoms with Crippen LogP contribution in [0.2, 0.25) is 0 Å². The first-order chi connectivity index (χ1) is 13.8. The molecule has 0 spiro atoms. The number of quaternary nitrogens is 1. The Bertz CT molecular complexity index is 895. The molecule has 1 unspecified atom stereocenters. The smallest absolute Gasteiger partial charge is 0.279 e. The van der Waals surface area contributed by atoms with Gasteiger partial charge in [-0.05, 0) is 60.7 Å². The number of hydrogen-bond acceptors (Lipinski definition) is 3. The predicted octanol–water partition coefficient (Wildman–Crippen LogP) is 2.30. The maximum atomic E-state index is 12.7. The van der Waals surface area contributed by atoms with E-state index in [1.165, 1.54) is 34.4 Å². The van der Waals surface area contributed by atoms with E-state index >= 15 is 0 Å². The van der Waals surface area contributed by atoms with E-state index in [9.17, 15) is 4.79 Å². The van der Waals surface area contributed by atoms with Crippen LogP contribution in [0.4, 0.5) is 5.69 Å². The van der Waals surface area contributed by atoms with E-state index in [4.69, 9.17) is 9.47 Å². The number of anilines is 1. The summed E-state index contributed by atoms with van der Waals surface area (Å²) in [6.07, 6.45) is 5.75. The van der Waals surface area contributed by atoms with E-state index in [1.54, 1.807) is 0 Å². The van der Waals surface area contributed by atoms with Gasteiger partial charge in [0.25, 0.3) is 5.91 Å². The normalized spacial score (nSPS) is 22.7. The summed E-state index contributed by atoms with van der Waals surface area (Å²) in [5, 5.41) is 3.12. The molecule has 2 aromatic carbocycles. The zero-order valence-corrected chi connectivity index (χ0v) is 16.1. The summed E-state index contributed by atoms with van der Waals surface area (Å²) in [6.45, 7) is 2.73. The van der Waals surface area contributed by atoms with Gasteiger partial charge < -0.3 is 19.7 Å². The summed E-state index contributed by atoms with van der Waals surface area (Å²) in [5.41, 5.74) is 4.99. The molecule has 0 radical (unpaired) electrons. The van der Waals surface area contributed by atoms with Crippen LogP contribution in [-0.4, -0.2) is 32.2 Å². The number of hydrogen-bond donors (Lipinski definition) is 2. The molecule has 3 aliphatic rings. The molecule has 2 aliphatic heterocycles. The summed E-state index contributed by atoms with van der Waals surface area (Å²) in [7, 11) is 0. The number of fused-ring (bicyclic) bond motifs is 2. The number of likely N-dealkylation sites (tertiary alicyclic amines) is 1. The van der Waals surface area contributed by atoms with Crippen molar-refractivity contribution in [3.63, 3.8) is 0 Å². The van der Waals surface area contributed by atoms with Crippen LogP contribution in [0.25, 0.3) is 0 Å². The molecular weight excluding hydrogens is 352 g/mol. The van der Waals surface area contributed by atoms with Gasteiger partial charge in [0, 0.05) is 24.1 Å². The average Bonchev–Trinajstić information content (AvgIpc) is 3.36. The van der Waals surface area contributed by atoms with E-state index in [1.807, 2.05) is 12.1 Å². The second kappa shape index (κ2) is 7.47. The second-order valence-electron chi connectivity index (χ2n) is 8.07. The Labute approximate surface area is 165 Å². The molecule has 1 amide bonds. The quantitative estimate of drug-likeness (QED) is 0.857. The molecule has 5 nitrogen and oxygen atoms in total. The highest BCUT2D eigenvalue weighted by molar-refractivity contribution is 5.91. The second-order valence-corrected chi connectivity index (χ2v) is 8.07. The fourth-order valence-electron chi connectivity index (χ4n) is 4.86. The molecular formula is C23H27N2O3+. The van der Waals surface area contributed by atoms with Crippen molar-refractivity contribution in [2.75, 3.05) is 31.6 Å². The number of benzene rings is 2. The van der Waals surface area contributed by atoms with E-state index in [-0.39, 0.29) is 5.91 Å². The Morgan fingerprint density at radius 3 is 2.79 bits per heavy atom. The van der Waals surface area contributed by atoms with E-state index < -0.39 is 0 Å². The molecule has 5 rings (SSSR count). The lowest BCUT2D eigenvalue weighted by atomic mass is 10.0. The number of aryl methyl sites for hydroxylation is 2. The van der Waals surface area contributed by atoms with Crippen LogP contribution >= 0.6 is 0 Å². The van der Waals surface area contributed by atoms with Gasteiger partial charge in [-0.25, -0.2) is 0 Å². The van der Waals surface area contributed by atoms with Gasteiger partial charge in [0.15, 0.2) is 18.0 Å². The first kappa shape index (κ1) is 17.6. The third kappa shape index (κ3) is 3.47. The van der Waals surface area contributed by atoms with Gasteiger partial charge in [0.05, 0.1) is 6.54 Å². The predicted molar refractivity (Wildman–Crippen MR) is 107 cm³/mol. The minimum Gasteiger partial charge on any atom is -0.486 e. The van der Waals surface area contributed by atoms with Crippen LogP contribution in [0.15, 0.2) is 36.4 Å². The van der Waals surface area contributed by atoms with Gasteiger partial charge >= 0.3 is 0 Å². The number of ether oxygens (including phenoxy) is 2. The molecule has 1 fully saturated rings. The van der Waals surface area contributed by atoms with Crippen molar-refractivity contribution in [3.8, 4) is 11.5 Å². The van der Waals surface area contributed by atoms with Crippen LogP contribution in [0.3, 0.4) is 0 Å². The number of nitrogens with one attached hydrogen (secondary N) is 2. The fraction of sp³-hybridized carbons (Fsp3) is 0.435. The Kier molecular flexibility index (Phi) is 4.69. The fourth-order valence-corrected chi connectivity index (χ4v) is 4.86. The molecule has 1 saturated heterocycles. The lowest BCUT2D eigenvalue weighted by Gasteiger charge is -2.24. The maximum Gasteiger partial charge on any atom is 0.279 e. The summed E-state index contributed by atoms with van der Waals surface area (Å²) in [5.74, 6) is 1.75. The molecule has 0 bridgehead atoms. The third-order valence-corrected chi connectivity index (χ3v) is 6.22. The summed E-state index contributed by atoms with van der Waals surface area (Å²) in [6, 6.07) is 12.9. The van der Waals surface area contributed by atoms with E-state index in [2.05, 4.69) is 29.6 Å². The van der Waals surface area contributed by atoms with Gasteiger partial charge in [0.1, 0.15) is 19.3 Å². The van der Waals surface area contributed by atoms with E-state index in [0.29, 0.717) is 25.8 Å². The van der Waals surface area contributed by atoms with Crippen molar-refractivity contribution in [1.82, 2.24) is 0 Å². The Balaban J connectivity index is 1.26. The minimum absolute atomic E-state index is 0.0948. The van der Waals surface area contributed by atoms with E-state index in [0.717, 1.165) is 43.0 Å². The lowest BCUT2D eigenvalue weighted by molar-refractivity contribution is -0.910. The number of carbonyl (C=O) groups is 1. The average molecular weight is 379 g/mol. The van der Waals surface area contributed by atoms with Gasteiger partial charge in [0.2, 0.25) is 0 Å². The standard InChI is InChI=1S/C23H26N2O3/c26-23(24-19-8-6-16-3-1-4-17(16)13-19)15-25-10-2-5-20(25)18-7-9-21-22(14-18)28-12-11-27-21/h6-9,13-14,20H,1-5,10-12,15H2,(H,24,26)/p+1/t20-/m1/s1. The summed E-state index contributed by atoms with van der Waals surface area (Å²) >= 11 is 0. The maximum absolute atomic E-state index is 12.7. The van der Waals surface area contributed by atoms with Crippen LogP contribution in [0.1, 0.15) is 42.0 Å².